The zero-order valence-corrected chi connectivity index (χ0v) is 10.6. The number of hydrogen-bond acceptors (Lipinski definition) is 4. The average Bonchev–Trinajstić information content (AvgIpc) is 1.98. The van der Waals surface area contributed by atoms with E-state index in [4.69, 9.17) is 21.7 Å². The Morgan fingerprint density at radius 1 is 1.44 bits per heavy atom. The van der Waals surface area contributed by atoms with E-state index >= 15 is 0 Å². The van der Waals surface area contributed by atoms with Crippen molar-refractivity contribution in [2.45, 2.75) is 45.8 Å². The maximum Gasteiger partial charge on any atom is 0.407 e. The fourth-order valence-corrected chi connectivity index (χ4v) is 1.02. The summed E-state index contributed by atoms with van der Waals surface area (Å²) in [6.45, 7) is 6.92. The van der Waals surface area contributed by atoms with Crippen molar-refractivity contribution in [3.05, 3.63) is 0 Å². The summed E-state index contributed by atoms with van der Waals surface area (Å²) in [7, 11) is 0. The van der Waals surface area contributed by atoms with Crippen LogP contribution in [0.2, 0.25) is 0 Å². The number of rotatable bonds is 4. The van der Waals surface area contributed by atoms with Gasteiger partial charge in [-0.1, -0.05) is 0 Å². The highest BCUT2D eigenvalue weighted by Crippen LogP contribution is 2.07. The van der Waals surface area contributed by atoms with Gasteiger partial charge in [0.1, 0.15) is 5.60 Å². The van der Waals surface area contributed by atoms with Crippen molar-refractivity contribution in [2.24, 2.45) is 0 Å². The second-order valence-corrected chi connectivity index (χ2v) is 4.85. The van der Waals surface area contributed by atoms with E-state index in [1.54, 1.807) is 27.7 Å². The number of carbonyl (C=O) groups is 2. The van der Waals surface area contributed by atoms with E-state index in [0.29, 0.717) is 0 Å². The van der Waals surface area contributed by atoms with Gasteiger partial charge < -0.3 is 15.5 Å². The lowest BCUT2D eigenvalue weighted by Gasteiger charge is -2.21. The molecule has 0 spiro atoms. The summed E-state index contributed by atoms with van der Waals surface area (Å²) < 4.78 is 5.01. The van der Waals surface area contributed by atoms with Crippen molar-refractivity contribution in [2.75, 3.05) is 0 Å². The summed E-state index contributed by atoms with van der Waals surface area (Å²) in [6, 6.07) is -0.370. The molecule has 16 heavy (non-hydrogen) atoms. The van der Waals surface area contributed by atoms with Crippen LogP contribution in [-0.2, 0) is 9.53 Å². The SMILES string of the molecule is CC(CC(=N)C(=O)Cl)NC(=O)OC(C)(C)C. The van der Waals surface area contributed by atoms with Crippen LogP contribution in [0.3, 0.4) is 0 Å². The van der Waals surface area contributed by atoms with E-state index in [2.05, 4.69) is 5.32 Å². The molecule has 5 nitrogen and oxygen atoms in total. The van der Waals surface area contributed by atoms with Crippen LogP contribution in [0.15, 0.2) is 0 Å². The second kappa shape index (κ2) is 5.84. The largest absolute Gasteiger partial charge is 0.444 e. The third-order valence-corrected chi connectivity index (χ3v) is 1.74. The number of hydrogen-bond donors (Lipinski definition) is 2. The number of alkyl carbamates (subject to hydrolysis) is 1. The molecule has 0 heterocycles. The van der Waals surface area contributed by atoms with Crippen LogP contribution in [0.5, 0.6) is 0 Å². The van der Waals surface area contributed by atoms with Gasteiger partial charge in [-0.15, -0.1) is 0 Å². The van der Waals surface area contributed by atoms with Crippen molar-refractivity contribution in [1.82, 2.24) is 5.32 Å². The Hall–Kier alpha value is -1.10. The molecule has 92 valence electrons. The van der Waals surface area contributed by atoms with Gasteiger partial charge in [0.2, 0.25) is 0 Å². The van der Waals surface area contributed by atoms with Crippen molar-refractivity contribution < 1.29 is 14.3 Å². The van der Waals surface area contributed by atoms with E-state index in [1.165, 1.54) is 0 Å². The molecule has 0 aromatic heterocycles. The van der Waals surface area contributed by atoms with Gasteiger partial charge in [0.15, 0.2) is 0 Å². The number of halogens is 1. The smallest absolute Gasteiger partial charge is 0.407 e. The molecule has 0 saturated carbocycles. The van der Waals surface area contributed by atoms with Crippen LogP contribution in [0, 0.1) is 5.41 Å². The molecule has 2 N–H and O–H groups in total. The van der Waals surface area contributed by atoms with E-state index in [-0.39, 0.29) is 18.2 Å². The fraction of sp³-hybridized carbons (Fsp3) is 0.700. The minimum Gasteiger partial charge on any atom is -0.444 e. The Bertz CT molecular complexity index is 297. The average molecular weight is 249 g/mol. The molecule has 0 saturated heterocycles. The highest BCUT2D eigenvalue weighted by Gasteiger charge is 2.19. The molecule has 0 aromatic carbocycles. The summed E-state index contributed by atoms with van der Waals surface area (Å²) in [6.07, 6.45) is -0.489. The van der Waals surface area contributed by atoms with Crippen molar-refractivity contribution in [3.63, 3.8) is 0 Å². The monoisotopic (exact) mass is 248 g/mol. The maximum absolute atomic E-state index is 11.3. The van der Waals surface area contributed by atoms with Crippen LogP contribution in [-0.4, -0.2) is 28.7 Å². The predicted octanol–water partition coefficient (Wildman–Crippen LogP) is 2.07. The Labute approximate surface area is 100.0 Å². The van der Waals surface area contributed by atoms with Gasteiger partial charge in [-0.3, -0.25) is 4.79 Å². The maximum atomic E-state index is 11.3. The van der Waals surface area contributed by atoms with Crippen LogP contribution in [0.1, 0.15) is 34.1 Å². The third-order valence-electron chi connectivity index (χ3n) is 1.51. The normalized spacial score (nSPS) is 12.8. The van der Waals surface area contributed by atoms with Crippen LogP contribution in [0.25, 0.3) is 0 Å². The molecule has 0 aliphatic heterocycles. The minimum absolute atomic E-state index is 0.0849. The summed E-state index contributed by atoms with van der Waals surface area (Å²) in [4.78, 5) is 21.9. The molecule has 6 heteroatoms. The highest BCUT2D eigenvalue weighted by atomic mass is 35.5. The first-order valence-corrected chi connectivity index (χ1v) is 5.26. The molecule has 0 radical (unpaired) electrons. The van der Waals surface area contributed by atoms with Crippen molar-refractivity contribution in [1.29, 1.82) is 5.41 Å². The summed E-state index contributed by atoms with van der Waals surface area (Å²) in [5, 5.41) is 8.93. The van der Waals surface area contributed by atoms with Gasteiger partial charge in [0.25, 0.3) is 5.24 Å². The standard InChI is InChI=1S/C10H17ClN2O3/c1-6(5-7(12)8(11)14)13-9(15)16-10(2,3)4/h6,12H,5H2,1-4H3,(H,13,15). The molecule has 1 unspecified atom stereocenters. The van der Waals surface area contributed by atoms with E-state index in [9.17, 15) is 9.59 Å². The third kappa shape index (κ3) is 7.23. The lowest BCUT2D eigenvalue weighted by Crippen LogP contribution is -2.39. The Morgan fingerprint density at radius 2 is 1.94 bits per heavy atom. The molecule has 0 aliphatic carbocycles. The van der Waals surface area contributed by atoms with Crippen LogP contribution >= 0.6 is 11.6 Å². The van der Waals surface area contributed by atoms with Gasteiger partial charge in [-0.2, -0.15) is 0 Å². The van der Waals surface area contributed by atoms with Gasteiger partial charge >= 0.3 is 6.09 Å². The van der Waals surface area contributed by atoms with E-state index in [0.717, 1.165) is 0 Å². The van der Waals surface area contributed by atoms with Crippen LogP contribution in [0.4, 0.5) is 4.79 Å². The topological polar surface area (TPSA) is 79.3 Å². The van der Waals surface area contributed by atoms with Crippen molar-refractivity contribution >= 4 is 28.6 Å². The summed E-state index contributed by atoms with van der Waals surface area (Å²) >= 11 is 5.11. The lowest BCUT2D eigenvalue weighted by atomic mass is 10.1. The zero-order chi connectivity index (χ0) is 12.9. The second-order valence-electron chi connectivity index (χ2n) is 4.50. The Balaban J connectivity index is 4.06. The van der Waals surface area contributed by atoms with E-state index in [1.807, 2.05) is 0 Å². The minimum atomic E-state index is -0.808. The molecule has 0 fully saturated rings. The van der Waals surface area contributed by atoms with Gasteiger partial charge in [-0.25, -0.2) is 4.79 Å². The molecular formula is C10H17ClN2O3. The van der Waals surface area contributed by atoms with Crippen molar-refractivity contribution in [3.8, 4) is 0 Å². The zero-order valence-electron chi connectivity index (χ0n) is 9.89. The quantitative estimate of drug-likeness (QED) is 0.590. The van der Waals surface area contributed by atoms with Gasteiger partial charge in [0.05, 0.1) is 5.71 Å². The number of ether oxygens (including phenoxy) is 1. The first-order chi connectivity index (χ1) is 7.11. The molecule has 1 atom stereocenters. The predicted molar refractivity (Wildman–Crippen MR) is 62.0 cm³/mol. The molecule has 1 amide bonds. The molecular weight excluding hydrogens is 232 g/mol. The Morgan fingerprint density at radius 3 is 2.31 bits per heavy atom. The molecule has 0 aliphatic rings. The fourth-order valence-electron chi connectivity index (χ4n) is 0.946. The summed E-state index contributed by atoms with van der Waals surface area (Å²) in [5.41, 5.74) is -0.801. The lowest BCUT2D eigenvalue weighted by molar-refractivity contribution is -0.106. The number of carbonyl (C=O) groups excluding carboxylic acids is 2. The first-order valence-electron chi connectivity index (χ1n) is 4.88. The first kappa shape index (κ1) is 14.9. The number of amides is 1. The molecule has 0 bridgehead atoms. The Kier molecular flexibility index (Phi) is 5.44. The van der Waals surface area contributed by atoms with Gasteiger partial charge in [-0.05, 0) is 39.3 Å². The molecule has 0 aromatic rings. The van der Waals surface area contributed by atoms with Gasteiger partial charge in [0, 0.05) is 12.5 Å². The van der Waals surface area contributed by atoms with Crippen LogP contribution < -0.4 is 5.32 Å². The summed E-state index contributed by atoms with van der Waals surface area (Å²) in [5.74, 6) is 0. The number of nitrogens with one attached hydrogen (secondary N) is 2. The molecule has 0 rings (SSSR count). The highest BCUT2D eigenvalue weighted by molar-refractivity contribution is 6.81. The van der Waals surface area contributed by atoms with E-state index < -0.39 is 16.9 Å².